The van der Waals surface area contributed by atoms with Gasteiger partial charge in [0.2, 0.25) is 5.91 Å². The minimum Gasteiger partial charge on any atom is -0.379 e. The van der Waals surface area contributed by atoms with E-state index >= 15 is 0 Å². The number of allylic oxidation sites excluding steroid dienone is 2. The van der Waals surface area contributed by atoms with Crippen LogP contribution in [0.15, 0.2) is 11.6 Å². The molecule has 0 aromatic heterocycles. The molecule has 3 fully saturated rings. The molecule has 2 saturated heterocycles. The van der Waals surface area contributed by atoms with Crippen molar-refractivity contribution in [3.05, 3.63) is 11.6 Å². The minimum atomic E-state index is 0.114. The van der Waals surface area contributed by atoms with Crippen LogP contribution in [0.2, 0.25) is 0 Å². The Labute approximate surface area is 140 Å². The maximum atomic E-state index is 12.9. The van der Waals surface area contributed by atoms with Crippen LogP contribution in [0.4, 0.5) is 0 Å². The van der Waals surface area contributed by atoms with Gasteiger partial charge in [-0.1, -0.05) is 25.5 Å². The molecule has 0 radical (unpaired) electrons. The molecule has 1 aliphatic carbocycles. The van der Waals surface area contributed by atoms with E-state index in [4.69, 9.17) is 9.47 Å². The molecule has 4 nitrogen and oxygen atoms in total. The molecule has 0 aromatic rings. The van der Waals surface area contributed by atoms with Gasteiger partial charge < -0.3 is 14.4 Å². The zero-order valence-electron chi connectivity index (χ0n) is 15.0. The van der Waals surface area contributed by atoms with Crippen LogP contribution in [-0.4, -0.2) is 49.3 Å². The van der Waals surface area contributed by atoms with E-state index in [-0.39, 0.29) is 17.4 Å². The molecule has 130 valence electrons. The number of rotatable bonds is 4. The fourth-order valence-electron chi connectivity index (χ4n) is 4.12. The van der Waals surface area contributed by atoms with Crippen LogP contribution < -0.4 is 0 Å². The molecule has 2 heterocycles. The molecule has 1 saturated carbocycles. The third kappa shape index (κ3) is 3.63. The second-order valence-electron chi connectivity index (χ2n) is 8.22. The summed E-state index contributed by atoms with van der Waals surface area (Å²) in [5.41, 5.74) is 1.42. The van der Waals surface area contributed by atoms with Gasteiger partial charge >= 0.3 is 0 Å². The van der Waals surface area contributed by atoms with Gasteiger partial charge in [-0.15, -0.1) is 0 Å². The van der Waals surface area contributed by atoms with Crippen molar-refractivity contribution in [3.8, 4) is 0 Å². The zero-order valence-corrected chi connectivity index (χ0v) is 15.0. The third-order valence-corrected chi connectivity index (χ3v) is 5.72. The summed E-state index contributed by atoms with van der Waals surface area (Å²) in [7, 11) is 0. The molecule has 0 bridgehead atoms. The summed E-state index contributed by atoms with van der Waals surface area (Å²) in [6, 6.07) is 0. The minimum absolute atomic E-state index is 0.114. The first-order valence-corrected chi connectivity index (χ1v) is 9.06. The molecular weight excluding hydrogens is 290 g/mol. The van der Waals surface area contributed by atoms with Gasteiger partial charge in [0.15, 0.2) is 0 Å². The Morgan fingerprint density at radius 1 is 1.17 bits per heavy atom. The highest BCUT2D eigenvalue weighted by atomic mass is 16.5. The molecule has 3 aliphatic rings. The monoisotopic (exact) mass is 321 g/mol. The molecule has 1 amide bonds. The van der Waals surface area contributed by atoms with Crippen molar-refractivity contribution in [2.24, 2.45) is 17.3 Å². The summed E-state index contributed by atoms with van der Waals surface area (Å²) in [6.45, 7) is 11.9. The molecule has 0 spiro atoms. The number of carbonyl (C=O) groups excluding carboxylic acids is 1. The number of piperidine rings is 1. The van der Waals surface area contributed by atoms with Gasteiger partial charge in [0, 0.05) is 19.7 Å². The van der Waals surface area contributed by atoms with Crippen molar-refractivity contribution >= 4 is 5.91 Å². The second-order valence-corrected chi connectivity index (χ2v) is 8.22. The normalized spacial score (nSPS) is 33.6. The highest BCUT2D eigenvalue weighted by Crippen LogP contribution is 2.60. The first-order valence-electron chi connectivity index (χ1n) is 9.06. The fraction of sp³-hybridized carbons (Fsp3) is 0.842. The van der Waals surface area contributed by atoms with Crippen LogP contribution >= 0.6 is 0 Å². The maximum absolute atomic E-state index is 12.9. The molecule has 4 heteroatoms. The van der Waals surface area contributed by atoms with Crippen LogP contribution in [0, 0.1) is 17.3 Å². The largest absolute Gasteiger partial charge is 0.379 e. The van der Waals surface area contributed by atoms with Crippen LogP contribution in [0.1, 0.15) is 47.0 Å². The fourth-order valence-corrected chi connectivity index (χ4v) is 4.12. The number of nitrogens with zero attached hydrogens (tertiary/aromatic N) is 1. The van der Waals surface area contributed by atoms with Gasteiger partial charge in [0.05, 0.1) is 24.7 Å². The molecule has 0 unspecified atom stereocenters. The van der Waals surface area contributed by atoms with Crippen molar-refractivity contribution in [1.29, 1.82) is 0 Å². The lowest BCUT2D eigenvalue weighted by atomic mass is 10.0. The van der Waals surface area contributed by atoms with Crippen LogP contribution in [0.25, 0.3) is 0 Å². The van der Waals surface area contributed by atoms with Crippen LogP contribution in [0.3, 0.4) is 0 Å². The van der Waals surface area contributed by atoms with E-state index in [1.807, 2.05) is 0 Å². The highest BCUT2D eigenvalue weighted by molar-refractivity contribution is 5.84. The average Bonchev–Trinajstić information content (AvgIpc) is 2.86. The summed E-state index contributed by atoms with van der Waals surface area (Å²) in [6.07, 6.45) is 5.78. The Hall–Kier alpha value is -0.870. The number of ether oxygens (including phenoxy) is 2. The van der Waals surface area contributed by atoms with Crippen molar-refractivity contribution < 1.29 is 14.3 Å². The molecule has 3 rings (SSSR count). The first-order chi connectivity index (χ1) is 10.9. The third-order valence-electron chi connectivity index (χ3n) is 5.72. The molecule has 0 N–H and O–H groups in total. The second kappa shape index (κ2) is 6.56. The van der Waals surface area contributed by atoms with E-state index in [0.717, 1.165) is 45.6 Å². The summed E-state index contributed by atoms with van der Waals surface area (Å²) < 4.78 is 11.5. The Morgan fingerprint density at radius 3 is 2.43 bits per heavy atom. The molecule has 23 heavy (non-hydrogen) atoms. The first kappa shape index (κ1) is 17.0. The van der Waals surface area contributed by atoms with Crippen molar-refractivity contribution in [2.75, 3.05) is 26.3 Å². The Bertz CT molecular complexity index is 467. The van der Waals surface area contributed by atoms with Gasteiger partial charge in [0.1, 0.15) is 0 Å². The average molecular weight is 321 g/mol. The molecule has 2 aliphatic heterocycles. The predicted molar refractivity (Wildman–Crippen MR) is 90.1 cm³/mol. The van der Waals surface area contributed by atoms with Gasteiger partial charge in [-0.25, -0.2) is 0 Å². The topological polar surface area (TPSA) is 38.8 Å². The van der Waals surface area contributed by atoms with Gasteiger partial charge in [-0.2, -0.15) is 0 Å². The molecule has 0 aromatic carbocycles. The quantitative estimate of drug-likeness (QED) is 0.747. The SMILES string of the molecule is CC(C)=C[C@@H]1[C@H](C(=O)N2CCC(O[C@H]3CCOC3)CC2)C1(C)C. The summed E-state index contributed by atoms with van der Waals surface area (Å²) in [4.78, 5) is 14.9. The lowest BCUT2D eigenvalue weighted by Crippen LogP contribution is -2.43. The van der Waals surface area contributed by atoms with Gasteiger partial charge in [-0.05, 0) is 44.4 Å². The van der Waals surface area contributed by atoms with E-state index < -0.39 is 0 Å². The lowest BCUT2D eigenvalue weighted by molar-refractivity contribution is -0.137. The number of likely N-dealkylation sites (tertiary alicyclic amines) is 1. The standard InChI is InChI=1S/C19H31NO3/c1-13(2)11-16-17(19(16,3)4)18(21)20-8-5-14(6-9-20)23-15-7-10-22-12-15/h11,14-17H,5-10,12H2,1-4H3/t15-,16+,17+/m0/s1. The number of hydrogen-bond donors (Lipinski definition) is 0. The van der Waals surface area contributed by atoms with Crippen molar-refractivity contribution in [3.63, 3.8) is 0 Å². The highest BCUT2D eigenvalue weighted by Gasteiger charge is 2.61. The molecular formula is C19H31NO3. The molecule has 3 atom stereocenters. The van der Waals surface area contributed by atoms with E-state index in [9.17, 15) is 4.79 Å². The van der Waals surface area contributed by atoms with E-state index in [2.05, 4.69) is 38.7 Å². The number of hydrogen-bond acceptors (Lipinski definition) is 3. The van der Waals surface area contributed by atoms with Crippen molar-refractivity contribution in [1.82, 2.24) is 4.90 Å². The van der Waals surface area contributed by atoms with Crippen LogP contribution in [0.5, 0.6) is 0 Å². The zero-order chi connectivity index (χ0) is 16.6. The Kier molecular flexibility index (Phi) is 4.84. The summed E-state index contributed by atoms with van der Waals surface area (Å²) in [5, 5.41) is 0. The Morgan fingerprint density at radius 2 is 1.87 bits per heavy atom. The predicted octanol–water partition coefficient (Wildman–Crippen LogP) is 3.02. The van der Waals surface area contributed by atoms with E-state index in [1.54, 1.807) is 0 Å². The van der Waals surface area contributed by atoms with Gasteiger partial charge in [-0.3, -0.25) is 4.79 Å². The number of amides is 1. The summed E-state index contributed by atoms with van der Waals surface area (Å²) in [5.74, 6) is 0.919. The van der Waals surface area contributed by atoms with Crippen LogP contribution in [-0.2, 0) is 14.3 Å². The smallest absolute Gasteiger partial charge is 0.226 e. The Balaban J connectivity index is 1.49. The van der Waals surface area contributed by atoms with E-state index in [0.29, 0.717) is 17.9 Å². The lowest BCUT2D eigenvalue weighted by Gasteiger charge is -2.33. The summed E-state index contributed by atoms with van der Waals surface area (Å²) >= 11 is 0. The van der Waals surface area contributed by atoms with Crippen molar-refractivity contribution in [2.45, 2.75) is 59.2 Å². The number of carbonyl (C=O) groups is 1. The van der Waals surface area contributed by atoms with E-state index in [1.165, 1.54) is 5.57 Å². The maximum Gasteiger partial charge on any atom is 0.226 e. The van der Waals surface area contributed by atoms with Gasteiger partial charge in [0.25, 0.3) is 0 Å².